The van der Waals surface area contributed by atoms with Crippen molar-refractivity contribution in [2.24, 2.45) is 5.92 Å². The molecule has 0 aliphatic heterocycles. The molecule has 0 amide bonds. The summed E-state index contributed by atoms with van der Waals surface area (Å²) in [4.78, 5) is 0. The first kappa shape index (κ1) is 9.70. The maximum atomic E-state index is 4.00. The van der Waals surface area contributed by atoms with E-state index in [1.165, 1.54) is 12.0 Å². The van der Waals surface area contributed by atoms with Gasteiger partial charge in [0.1, 0.15) is 0 Å². The van der Waals surface area contributed by atoms with Crippen molar-refractivity contribution in [2.75, 3.05) is 13.6 Å². The first-order chi connectivity index (χ1) is 4.72. The Morgan fingerprint density at radius 1 is 1.60 bits per heavy atom. The molecule has 1 N–H and O–H groups in total. The minimum Gasteiger partial charge on any atom is -0.320 e. The highest BCUT2D eigenvalue weighted by Gasteiger charge is 2.02. The molecule has 0 aromatic rings. The van der Waals surface area contributed by atoms with Crippen LogP contribution >= 0.6 is 0 Å². The Bertz CT molecular complexity index is 96.9. The van der Waals surface area contributed by atoms with Gasteiger partial charge in [-0.05, 0) is 32.4 Å². The SMILES string of the molecule is C=C(CC)C(C)CCNC. The van der Waals surface area contributed by atoms with E-state index in [0.717, 1.165) is 13.0 Å². The molecule has 1 atom stereocenters. The van der Waals surface area contributed by atoms with Crippen molar-refractivity contribution < 1.29 is 0 Å². The fourth-order valence-electron chi connectivity index (χ4n) is 0.913. The van der Waals surface area contributed by atoms with Crippen molar-refractivity contribution in [3.05, 3.63) is 12.2 Å². The third-order valence-corrected chi connectivity index (χ3v) is 1.98. The van der Waals surface area contributed by atoms with E-state index in [2.05, 4.69) is 25.7 Å². The molecule has 1 heteroatoms. The summed E-state index contributed by atoms with van der Waals surface area (Å²) in [5, 5.41) is 3.14. The predicted octanol–water partition coefficient (Wildman–Crippen LogP) is 2.20. The van der Waals surface area contributed by atoms with Crippen molar-refractivity contribution in [3.8, 4) is 0 Å². The summed E-state index contributed by atoms with van der Waals surface area (Å²) in [6.45, 7) is 9.50. The number of rotatable bonds is 5. The van der Waals surface area contributed by atoms with Gasteiger partial charge >= 0.3 is 0 Å². The van der Waals surface area contributed by atoms with Crippen LogP contribution in [0.2, 0.25) is 0 Å². The molecule has 0 heterocycles. The Morgan fingerprint density at radius 3 is 2.60 bits per heavy atom. The van der Waals surface area contributed by atoms with Crippen molar-refractivity contribution in [3.63, 3.8) is 0 Å². The minimum absolute atomic E-state index is 0.678. The fraction of sp³-hybridized carbons (Fsp3) is 0.778. The lowest BCUT2D eigenvalue weighted by Gasteiger charge is -2.11. The highest BCUT2D eigenvalue weighted by molar-refractivity contribution is 4.97. The molecule has 1 unspecified atom stereocenters. The van der Waals surface area contributed by atoms with E-state index in [4.69, 9.17) is 0 Å². The maximum Gasteiger partial charge on any atom is -0.00463 e. The highest BCUT2D eigenvalue weighted by Crippen LogP contribution is 2.14. The van der Waals surface area contributed by atoms with Gasteiger partial charge in [0.05, 0.1) is 0 Å². The summed E-state index contributed by atoms with van der Waals surface area (Å²) < 4.78 is 0. The molecule has 0 aromatic heterocycles. The van der Waals surface area contributed by atoms with Gasteiger partial charge in [-0.1, -0.05) is 26.0 Å². The van der Waals surface area contributed by atoms with E-state index < -0.39 is 0 Å². The Labute approximate surface area is 64.5 Å². The molecular weight excluding hydrogens is 122 g/mol. The standard InChI is InChI=1S/C9H19N/c1-5-8(2)9(3)6-7-10-4/h9-10H,2,5-7H2,1,3-4H3. The number of hydrogen-bond acceptors (Lipinski definition) is 1. The molecule has 0 rings (SSSR count). The minimum atomic E-state index is 0.678. The number of nitrogens with one attached hydrogen (secondary N) is 1. The van der Waals surface area contributed by atoms with Gasteiger partial charge in [-0.3, -0.25) is 0 Å². The second-order valence-corrected chi connectivity index (χ2v) is 2.81. The van der Waals surface area contributed by atoms with Crippen LogP contribution in [0.5, 0.6) is 0 Å². The van der Waals surface area contributed by atoms with Crippen LogP contribution in [0.1, 0.15) is 26.7 Å². The molecule has 0 saturated carbocycles. The van der Waals surface area contributed by atoms with Crippen molar-refractivity contribution in [1.82, 2.24) is 5.32 Å². The first-order valence-corrected chi connectivity index (χ1v) is 4.04. The van der Waals surface area contributed by atoms with Crippen LogP contribution in [-0.2, 0) is 0 Å². The maximum absolute atomic E-state index is 4.00. The highest BCUT2D eigenvalue weighted by atomic mass is 14.8. The zero-order valence-electron chi connectivity index (χ0n) is 7.41. The molecule has 0 bridgehead atoms. The Kier molecular flexibility index (Phi) is 5.32. The lowest BCUT2D eigenvalue weighted by molar-refractivity contribution is 0.573. The van der Waals surface area contributed by atoms with E-state index in [1.807, 2.05) is 7.05 Å². The van der Waals surface area contributed by atoms with Gasteiger partial charge in [0.25, 0.3) is 0 Å². The van der Waals surface area contributed by atoms with Crippen LogP contribution in [0, 0.1) is 5.92 Å². The second kappa shape index (κ2) is 5.48. The van der Waals surface area contributed by atoms with Crippen LogP contribution in [0.4, 0.5) is 0 Å². The van der Waals surface area contributed by atoms with Gasteiger partial charge in [0.2, 0.25) is 0 Å². The van der Waals surface area contributed by atoms with E-state index in [-0.39, 0.29) is 0 Å². The molecule has 0 spiro atoms. The van der Waals surface area contributed by atoms with Gasteiger partial charge in [0.15, 0.2) is 0 Å². The van der Waals surface area contributed by atoms with E-state index in [1.54, 1.807) is 0 Å². The molecule has 0 fully saturated rings. The fourth-order valence-corrected chi connectivity index (χ4v) is 0.913. The predicted molar refractivity (Wildman–Crippen MR) is 47.1 cm³/mol. The topological polar surface area (TPSA) is 12.0 Å². The molecule has 1 nitrogen and oxygen atoms in total. The van der Waals surface area contributed by atoms with Crippen LogP contribution < -0.4 is 5.32 Å². The number of allylic oxidation sites excluding steroid dienone is 1. The average molecular weight is 141 g/mol. The van der Waals surface area contributed by atoms with Gasteiger partial charge < -0.3 is 5.32 Å². The summed E-state index contributed by atoms with van der Waals surface area (Å²) >= 11 is 0. The second-order valence-electron chi connectivity index (χ2n) is 2.81. The van der Waals surface area contributed by atoms with Gasteiger partial charge in [-0.2, -0.15) is 0 Å². The van der Waals surface area contributed by atoms with Crippen LogP contribution in [0.15, 0.2) is 12.2 Å². The molecular formula is C9H19N. The first-order valence-electron chi connectivity index (χ1n) is 4.04. The number of hydrogen-bond donors (Lipinski definition) is 1. The summed E-state index contributed by atoms with van der Waals surface area (Å²) in [7, 11) is 1.99. The molecule has 0 saturated heterocycles. The van der Waals surface area contributed by atoms with Gasteiger partial charge in [-0.25, -0.2) is 0 Å². The molecule has 0 radical (unpaired) electrons. The monoisotopic (exact) mass is 141 g/mol. The van der Waals surface area contributed by atoms with Gasteiger partial charge in [0, 0.05) is 0 Å². The quantitative estimate of drug-likeness (QED) is 0.579. The van der Waals surface area contributed by atoms with Crippen LogP contribution in [0.25, 0.3) is 0 Å². The summed E-state index contributed by atoms with van der Waals surface area (Å²) in [6, 6.07) is 0. The molecule has 10 heavy (non-hydrogen) atoms. The van der Waals surface area contributed by atoms with Crippen molar-refractivity contribution in [1.29, 1.82) is 0 Å². The third kappa shape index (κ3) is 3.67. The molecule has 0 aliphatic rings. The Balaban J connectivity index is 3.41. The molecule has 0 aromatic carbocycles. The Morgan fingerprint density at radius 2 is 2.20 bits per heavy atom. The third-order valence-electron chi connectivity index (χ3n) is 1.98. The summed E-state index contributed by atoms with van der Waals surface area (Å²) in [6.07, 6.45) is 2.33. The summed E-state index contributed by atoms with van der Waals surface area (Å²) in [5.74, 6) is 0.678. The summed E-state index contributed by atoms with van der Waals surface area (Å²) in [5.41, 5.74) is 1.37. The average Bonchev–Trinajstić information content (AvgIpc) is 1.98. The zero-order chi connectivity index (χ0) is 7.98. The van der Waals surface area contributed by atoms with Crippen LogP contribution in [0.3, 0.4) is 0 Å². The Hall–Kier alpha value is -0.300. The van der Waals surface area contributed by atoms with Crippen molar-refractivity contribution in [2.45, 2.75) is 26.7 Å². The lowest BCUT2D eigenvalue weighted by Crippen LogP contribution is -2.12. The van der Waals surface area contributed by atoms with E-state index >= 15 is 0 Å². The van der Waals surface area contributed by atoms with Gasteiger partial charge in [-0.15, -0.1) is 0 Å². The molecule has 0 aliphatic carbocycles. The van der Waals surface area contributed by atoms with Crippen LogP contribution in [-0.4, -0.2) is 13.6 Å². The van der Waals surface area contributed by atoms with Crippen molar-refractivity contribution >= 4 is 0 Å². The zero-order valence-corrected chi connectivity index (χ0v) is 7.41. The molecule has 60 valence electrons. The van der Waals surface area contributed by atoms with E-state index in [9.17, 15) is 0 Å². The van der Waals surface area contributed by atoms with E-state index in [0.29, 0.717) is 5.92 Å². The smallest absolute Gasteiger partial charge is 0.00463 e. The normalized spacial score (nSPS) is 13.1. The lowest BCUT2D eigenvalue weighted by atomic mass is 9.97. The largest absolute Gasteiger partial charge is 0.320 e.